The van der Waals surface area contributed by atoms with Crippen molar-refractivity contribution in [2.45, 2.75) is 19.3 Å². The van der Waals surface area contributed by atoms with Crippen molar-refractivity contribution >= 4 is 33.9 Å². The molecule has 0 radical (unpaired) electrons. The number of hydrogen-bond acceptors (Lipinski definition) is 8. The summed E-state index contributed by atoms with van der Waals surface area (Å²) >= 11 is -2.19. The number of hydrogen-bond donors (Lipinski definition) is 2. The SMILES string of the molecule is COc1cc2nc(N)nc(N3CCC(CCNS(=O)[O-])CC3)c2cc1OC. The molecule has 27 heavy (non-hydrogen) atoms. The predicted molar refractivity (Wildman–Crippen MR) is 104 cm³/mol. The molecule has 1 aromatic carbocycles. The summed E-state index contributed by atoms with van der Waals surface area (Å²) in [4.78, 5) is 11.0. The molecule has 0 amide bonds. The fraction of sp³-hybridized carbons (Fsp3) is 0.529. The molecule has 1 atom stereocenters. The molecule has 0 spiro atoms. The van der Waals surface area contributed by atoms with Crippen LogP contribution in [0.4, 0.5) is 11.8 Å². The number of ether oxygens (including phenoxy) is 2. The first-order chi connectivity index (χ1) is 13.0. The van der Waals surface area contributed by atoms with E-state index in [1.54, 1.807) is 20.3 Å². The number of nitrogen functional groups attached to an aromatic ring is 1. The summed E-state index contributed by atoms with van der Waals surface area (Å²) < 4.78 is 34.3. The minimum Gasteiger partial charge on any atom is -0.760 e. The number of methoxy groups -OCH3 is 2. The molecule has 1 unspecified atom stereocenters. The minimum atomic E-state index is -2.19. The van der Waals surface area contributed by atoms with E-state index >= 15 is 0 Å². The Hall–Kier alpha value is -2.17. The van der Waals surface area contributed by atoms with Gasteiger partial charge in [0.1, 0.15) is 5.82 Å². The fourth-order valence-corrected chi connectivity index (χ4v) is 3.76. The lowest BCUT2D eigenvalue weighted by Gasteiger charge is -2.33. The van der Waals surface area contributed by atoms with Gasteiger partial charge in [-0.1, -0.05) is 0 Å². The van der Waals surface area contributed by atoms with E-state index in [1.165, 1.54) is 0 Å². The number of fused-ring (bicyclic) bond motifs is 1. The Morgan fingerprint density at radius 3 is 2.56 bits per heavy atom. The molecular formula is C17H24N5O4S-. The normalized spacial score (nSPS) is 16.5. The quantitative estimate of drug-likeness (QED) is 0.672. The predicted octanol–water partition coefficient (Wildman–Crippen LogP) is 1.22. The average Bonchev–Trinajstić information content (AvgIpc) is 2.66. The second kappa shape index (κ2) is 8.68. The van der Waals surface area contributed by atoms with Gasteiger partial charge in [-0.3, -0.25) is 4.21 Å². The Balaban J connectivity index is 1.79. The summed E-state index contributed by atoms with van der Waals surface area (Å²) in [5.74, 6) is 2.70. The van der Waals surface area contributed by atoms with Crippen molar-refractivity contribution in [1.82, 2.24) is 14.7 Å². The van der Waals surface area contributed by atoms with Gasteiger partial charge in [-0.15, -0.1) is 0 Å². The summed E-state index contributed by atoms with van der Waals surface area (Å²) in [6.45, 7) is 2.12. The summed E-state index contributed by atoms with van der Waals surface area (Å²) in [5, 5.41) is 0.865. The van der Waals surface area contributed by atoms with Crippen LogP contribution in [0.15, 0.2) is 12.1 Å². The number of nitrogens with zero attached hydrogens (tertiary/aromatic N) is 3. The molecule has 1 aromatic heterocycles. The molecule has 1 aliphatic rings. The first kappa shape index (κ1) is 19.6. The standard InChI is InChI=1S/C17H25N5O4S/c1-25-14-9-12-13(10-15(14)26-2)20-17(18)21-16(12)22-7-4-11(5-8-22)3-6-19-27(23)24/h9-11,19H,3-8H2,1-2H3,(H,23,24)(H2,18,20,21)/p-1. The minimum absolute atomic E-state index is 0.217. The lowest BCUT2D eigenvalue weighted by molar-refractivity contribution is 0.355. The van der Waals surface area contributed by atoms with Gasteiger partial charge in [0, 0.05) is 42.4 Å². The number of benzene rings is 1. The highest BCUT2D eigenvalue weighted by Crippen LogP contribution is 2.36. The second-order valence-corrected chi connectivity index (χ2v) is 7.24. The van der Waals surface area contributed by atoms with E-state index < -0.39 is 11.3 Å². The van der Waals surface area contributed by atoms with E-state index in [-0.39, 0.29) is 5.95 Å². The number of nitrogens with two attached hydrogens (primary N) is 1. The third kappa shape index (κ3) is 4.57. The fourth-order valence-electron chi connectivity index (χ4n) is 3.48. The molecule has 148 valence electrons. The second-order valence-electron chi connectivity index (χ2n) is 6.48. The lowest BCUT2D eigenvalue weighted by atomic mass is 9.93. The molecule has 2 heterocycles. The van der Waals surface area contributed by atoms with Gasteiger partial charge < -0.3 is 24.7 Å². The van der Waals surface area contributed by atoms with Crippen LogP contribution in [0.5, 0.6) is 11.5 Å². The monoisotopic (exact) mass is 394 g/mol. The topological polar surface area (TPSA) is 126 Å². The molecule has 1 aliphatic heterocycles. The molecule has 0 saturated carbocycles. The zero-order valence-corrected chi connectivity index (χ0v) is 16.3. The van der Waals surface area contributed by atoms with Crippen molar-refractivity contribution in [1.29, 1.82) is 0 Å². The first-order valence-corrected chi connectivity index (χ1v) is 9.86. The molecule has 2 aromatic rings. The van der Waals surface area contributed by atoms with Gasteiger partial charge in [-0.2, -0.15) is 4.98 Å². The summed E-state index contributed by atoms with van der Waals surface area (Å²) in [6.07, 6.45) is 2.76. The zero-order chi connectivity index (χ0) is 19.4. The molecule has 10 heteroatoms. The van der Waals surface area contributed by atoms with Crippen LogP contribution in [0.2, 0.25) is 0 Å². The Morgan fingerprint density at radius 2 is 1.93 bits per heavy atom. The van der Waals surface area contributed by atoms with Crippen LogP contribution in [-0.4, -0.2) is 52.6 Å². The van der Waals surface area contributed by atoms with E-state index in [4.69, 9.17) is 15.2 Å². The highest BCUT2D eigenvalue weighted by atomic mass is 32.2. The van der Waals surface area contributed by atoms with Crippen LogP contribution in [0, 0.1) is 5.92 Å². The van der Waals surface area contributed by atoms with Gasteiger partial charge in [-0.05, 0) is 31.2 Å². The van der Waals surface area contributed by atoms with Gasteiger partial charge in [0.25, 0.3) is 0 Å². The van der Waals surface area contributed by atoms with Crippen LogP contribution < -0.4 is 24.8 Å². The van der Waals surface area contributed by atoms with Gasteiger partial charge in [0.15, 0.2) is 11.5 Å². The lowest BCUT2D eigenvalue weighted by Crippen LogP contribution is -2.35. The molecular weight excluding hydrogens is 370 g/mol. The smallest absolute Gasteiger partial charge is 0.222 e. The number of aromatic nitrogens is 2. The van der Waals surface area contributed by atoms with Gasteiger partial charge in [0.2, 0.25) is 5.95 Å². The molecule has 0 aliphatic carbocycles. The first-order valence-electron chi connectivity index (χ1n) is 8.78. The maximum absolute atomic E-state index is 10.6. The molecule has 3 N–H and O–H groups in total. The van der Waals surface area contributed by atoms with E-state index in [0.717, 1.165) is 43.6 Å². The van der Waals surface area contributed by atoms with E-state index in [9.17, 15) is 8.76 Å². The highest BCUT2D eigenvalue weighted by Gasteiger charge is 2.23. The average molecular weight is 394 g/mol. The maximum Gasteiger partial charge on any atom is 0.222 e. The Labute approximate surface area is 160 Å². The van der Waals surface area contributed by atoms with Crippen LogP contribution >= 0.6 is 0 Å². The number of nitrogens with one attached hydrogen (secondary N) is 1. The van der Waals surface area contributed by atoms with Crippen molar-refractivity contribution < 1.29 is 18.2 Å². The Morgan fingerprint density at radius 1 is 1.26 bits per heavy atom. The highest BCUT2D eigenvalue weighted by molar-refractivity contribution is 7.77. The Kier molecular flexibility index (Phi) is 6.30. The van der Waals surface area contributed by atoms with Crippen molar-refractivity contribution in [3.05, 3.63) is 12.1 Å². The largest absolute Gasteiger partial charge is 0.760 e. The van der Waals surface area contributed by atoms with Crippen LogP contribution in [-0.2, 0) is 11.3 Å². The third-order valence-electron chi connectivity index (χ3n) is 4.88. The summed E-state index contributed by atoms with van der Waals surface area (Å²) in [6, 6.07) is 3.68. The van der Waals surface area contributed by atoms with Crippen molar-refractivity contribution in [2.75, 3.05) is 44.5 Å². The summed E-state index contributed by atoms with van der Waals surface area (Å²) in [7, 11) is 3.17. The van der Waals surface area contributed by atoms with E-state index in [1.807, 2.05) is 6.07 Å². The number of rotatable bonds is 7. The van der Waals surface area contributed by atoms with Crippen molar-refractivity contribution in [2.24, 2.45) is 5.92 Å². The molecule has 1 saturated heterocycles. The Bertz CT molecular complexity index is 827. The zero-order valence-electron chi connectivity index (χ0n) is 15.4. The third-order valence-corrected chi connectivity index (χ3v) is 5.32. The van der Waals surface area contributed by atoms with Crippen molar-refractivity contribution in [3.63, 3.8) is 0 Å². The maximum atomic E-state index is 10.6. The van der Waals surface area contributed by atoms with E-state index in [0.29, 0.717) is 29.5 Å². The molecule has 0 bridgehead atoms. The van der Waals surface area contributed by atoms with Gasteiger partial charge in [0.05, 0.1) is 19.7 Å². The number of piperidine rings is 1. The summed E-state index contributed by atoms with van der Waals surface area (Å²) in [5.41, 5.74) is 6.63. The van der Waals surface area contributed by atoms with Crippen LogP contribution in [0.3, 0.4) is 0 Å². The molecule has 1 fully saturated rings. The van der Waals surface area contributed by atoms with Crippen LogP contribution in [0.1, 0.15) is 19.3 Å². The van der Waals surface area contributed by atoms with Gasteiger partial charge >= 0.3 is 0 Å². The van der Waals surface area contributed by atoms with Crippen molar-refractivity contribution in [3.8, 4) is 11.5 Å². The van der Waals surface area contributed by atoms with Crippen LogP contribution in [0.25, 0.3) is 10.9 Å². The number of anilines is 2. The van der Waals surface area contributed by atoms with E-state index in [2.05, 4.69) is 19.6 Å². The molecule has 9 nitrogen and oxygen atoms in total. The van der Waals surface area contributed by atoms with Gasteiger partial charge in [-0.25, -0.2) is 9.71 Å². The molecule has 3 rings (SSSR count).